The van der Waals surface area contributed by atoms with Crippen LogP contribution in [-0.2, 0) is 4.79 Å². The van der Waals surface area contributed by atoms with Crippen molar-refractivity contribution in [1.29, 1.82) is 0 Å². The van der Waals surface area contributed by atoms with Crippen LogP contribution in [0.2, 0.25) is 0 Å². The van der Waals surface area contributed by atoms with Gasteiger partial charge in [0.25, 0.3) is 5.78 Å². The summed E-state index contributed by atoms with van der Waals surface area (Å²) in [5.41, 5.74) is 0.334. The summed E-state index contributed by atoms with van der Waals surface area (Å²) in [6.45, 7) is 0. The minimum Gasteiger partial charge on any atom is -0.475 e. The predicted molar refractivity (Wildman–Crippen MR) is 64.9 cm³/mol. The molecule has 3 aromatic rings. The minimum absolute atomic E-state index is 0.0977. The summed E-state index contributed by atoms with van der Waals surface area (Å²) in [5.74, 6) is -1.72. The third kappa shape index (κ3) is 1.70. The van der Waals surface area contributed by atoms with Gasteiger partial charge in [-0.05, 0) is 24.3 Å². The average Bonchev–Trinajstić information content (AvgIpc) is 3.04. The first kappa shape index (κ1) is 11.2. The van der Waals surface area contributed by atoms with Crippen molar-refractivity contribution in [1.82, 2.24) is 9.38 Å². The number of aromatic nitrogens is 2. The van der Waals surface area contributed by atoms with Crippen molar-refractivity contribution in [2.24, 2.45) is 0 Å². The zero-order chi connectivity index (χ0) is 13.4. The summed E-state index contributed by atoms with van der Waals surface area (Å²) >= 11 is 0. The number of aliphatic carboxylic acids is 1. The maximum absolute atomic E-state index is 11.6. The van der Waals surface area contributed by atoms with E-state index in [1.807, 2.05) is 0 Å². The molecule has 0 fully saturated rings. The molecule has 0 unspecified atom stereocenters. The van der Waals surface area contributed by atoms with Crippen molar-refractivity contribution < 1.29 is 19.1 Å². The molecule has 0 aromatic carbocycles. The fraction of sp³-hybridized carbons (Fsp3) is 0. The van der Waals surface area contributed by atoms with Crippen LogP contribution in [0.3, 0.4) is 0 Å². The highest BCUT2D eigenvalue weighted by Crippen LogP contribution is 2.23. The molecule has 0 saturated carbocycles. The highest BCUT2D eigenvalue weighted by Gasteiger charge is 2.23. The second-order valence-corrected chi connectivity index (χ2v) is 3.85. The summed E-state index contributed by atoms with van der Waals surface area (Å²) < 4.78 is 6.86. The number of rotatable bonds is 3. The lowest BCUT2D eigenvalue weighted by atomic mass is 10.2. The molecule has 0 atom stereocenters. The normalized spacial score (nSPS) is 10.7. The SMILES string of the molecule is O=C(O)C(=O)c1nc(-c2ccco2)n2ccccc12. The first-order valence-electron chi connectivity index (χ1n) is 5.47. The van der Waals surface area contributed by atoms with Gasteiger partial charge in [-0.25, -0.2) is 9.78 Å². The van der Waals surface area contributed by atoms with Crippen LogP contribution in [0.4, 0.5) is 0 Å². The van der Waals surface area contributed by atoms with E-state index >= 15 is 0 Å². The standard InChI is InChI=1S/C13H8N2O4/c16-11(13(17)18)10-8-4-1-2-6-15(8)12(14-10)9-5-3-7-19-9/h1-7H,(H,17,18). The summed E-state index contributed by atoms with van der Waals surface area (Å²) in [7, 11) is 0. The molecule has 0 aliphatic heterocycles. The van der Waals surface area contributed by atoms with E-state index in [0.717, 1.165) is 0 Å². The quantitative estimate of drug-likeness (QED) is 0.571. The van der Waals surface area contributed by atoms with Crippen LogP contribution in [0, 0.1) is 0 Å². The first-order valence-corrected chi connectivity index (χ1v) is 5.47. The zero-order valence-corrected chi connectivity index (χ0v) is 9.61. The van der Waals surface area contributed by atoms with Gasteiger partial charge in [-0.2, -0.15) is 0 Å². The monoisotopic (exact) mass is 256 g/mol. The molecule has 6 heteroatoms. The first-order chi connectivity index (χ1) is 9.18. The Hall–Kier alpha value is -2.89. The Morgan fingerprint density at radius 2 is 2.05 bits per heavy atom. The lowest BCUT2D eigenvalue weighted by molar-refractivity contribution is -0.131. The number of carbonyl (C=O) groups excluding carboxylic acids is 1. The van der Waals surface area contributed by atoms with Gasteiger partial charge in [0, 0.05) is 6.20 Å². The largest absolute Gasteiger partial charge is 0.475 e. The van der Waals surface area contributed by atoms with Crippen LogP contribution in [0.25, 0.3) is 17.1 Å². The lowest BCUT2D eigenvalue weighted by Gasteiger charge is -1.96. The van der Waals surface area contributed by atoms with E-state index in [1.165, 1.54) is 6.26 Å². The number of imidazole rings is 1. The molecule has 3 aromatic heterocycles. The maximum Gasteiger partial charge on any atom is 0.379 e. The number of carboxylic acid groups (broad SMARTS) is 1. The molecule has 0 aliphatic rings. The van der Waals surface area contributed by atoms with Crippen molar-refractivity contribution in [3.63, 3.8) is 0 Å². The smallest absolute Gasteiger partial charge is 0.379 e. The molecular weight excluding hydrogens is 248 g/mol. The number of hydrogen-bond acceptors (Lipinski definition) is 4. The van der Waals surface area contributed by atoms with E-state index in [1.54, 1.807) is 40.9 Å². The molecule has 0 amide bonds. The molecule has 0 radical (unpaired) electrons. The predicted octanol–water partition coefficient (Wildman–Crippen LogP) is 1.86. The van der Waals surface area contributed by atoms with Crippen molar-refractivity contribution in [3.8, 4) is 11.6 Å². The number of ketones is 1. The Bertz CT molecular complexity index is 771. The fourth-order valence-corrected chi connectivity index (χ4v) is 1.89. The van der Waals surface area contributed by atoms with Crippen molar-refractivity contribution in [3.05, 3.63) is 48.5 Å². The molecule has 0 saturated heterocycles. The zero-order valence-electron chi connectivity index (χ0n) is 9.61. The van der Waals surface area contributed by atoms with E-state index in [9.17, 15) is 9.59 Å². The fourth-order valence-electron chi connectivity index (χ4n) is 1.89. The van der Waals surface area contributed by atoms with Crippen molar-refractivity contribution in [2.45, 2.75) is 0 Å². The molecule has 19 heavy (non-hydrogen) atoms. The molecule has 0 aliphatic carbocycles. The third-order valence-corrected chi connectivity index (χ3v) is 2.70. The van der Waals surface area contributed by atoms with Crippen LogP contribution in [0.15, 0.2) is 47.2 Å². The number of nitrogens with zero attached hydrogens (tertiary/aromatic N) is 2. The summed E-state index contributed by atoms with van der Waals surface area (Å²) in [5, 5.41) is 8.81. The molecule has 0 bridgehead atoms. The molecule has 94 valence electrons. The summed E-state index contributed by atoms with van der Waals surface area (Å²) in [4.78, 5) is 26.5. The highest BCUT2D eigenvalue weighted by atomic mass is 16.4. The number of carboxylic acids is 1. The Morgan fingerprint density at radius 1 is 1.21 bits per heavy atom. The van der Waals surface area contributed by atoms with Gasteiger partial charge in [-0.15, -0.1) is 0 Å². The van der Waals surface area contributed by atoms with E-state index in [0.29, 0.717) is 17.1 Å². The van der Waals surface area contributed by atoms with Crippen molar-refractivity contribution >= 4 is 17.3 Å². The Balaban J connectivity index is 2.31. The van der Waals surface area contributed by atoms with Crippen LogP contribution in [-0.4, -0.2) is 26.2 Å². The second-order valence-electron chi connectivity index (χ2n) is 3.85. The number of carbonyl (C=O) groups is 2. The molecule has 6 nitrogen and oxygen atoms in total. The molecular formula is C13H8N2O4. The van der Waals surface area contributed by atoms with Crippen LogP contribution >= 0.6 is 0 Å². The van der Waals surface area contributed by atoms with Gasteiger partial charge < -0.3 is 9.52 Å². The Morgan fingerprint density at radius 3 is 2.74 bits per heavy atom. The van der Waals surface area contributed by atoms with Gasteiger partial charge >= 0.3 is 5.97 Å². The van der Waals surface area contributed by atoms with Gasteiger partial charge in [0.1, 0.15) is 5.69 Å². The van der Waals surface area contributed by atoms with Gasteiger partial charge in [-0.3, -0.25) is 9.20 Å². The number of fused-ring (bicyclic) bond motifs is 1. The number of Topliss-reactive ketones (excluding diaryl/α,β-unsaturated/α-hetero) is 1. The number of hydrogen-bond donors (Lipinski definition) is 1. The molecule has 0 spiro atoms. The topological polar surface area (TPSA) is 84.8 Å². The Labute approximate surface area is 106 Å². The van der Waals surface area contributed by atoms with E-state index in [2.05, 4.69) is 4.98 Å². The third-order valence-electron chi connectivity index (χ3n) is 2.70. The van der Waals surface area contributed by atoms with Crippen molar-refractivity contribution in [2.75, 3.05) is 0 Å². The summed E-state index contributed by atoms with van der Waals surface area (Å²) in [6, 6.07) is 8.49. The second kappa shape index (κ2) is 4.09. The van der Waals surface area contributed by atoms with Gasteiger partial charge in [0.05, 0.1) is 11.8 Å². The number of furan rings is 1. The van der Waals surface area contributed by atoms with E-state index < -0.39 is 11.8 Å². The minimum atomic E-state index is -1.53. The van der Waals surface area contributed by atoms with E-state index in [-0.39, 0.29) is 5.69 Å². The van der Waals surface area contributed by atoms with Crippen LogP contribution in [0.1, 0.15) is 10.5 Å². The van der Waals surface area contributed by atoms with Gasteiger partial charge in [0.2, 0.25) is 0 Å². The maximum atomic E-state index is 11.6. The van der Waals surface area contributed by atoms with Crippen LogP contribution < -0.4 is 0 Å². The lowest BCUT2D eigenvalue weighted by Crippen LogP contribution is -2.13. The van der Waals surface area contributed by atoms with Crippen LogP contribution in [0.5, 0.6) is 0 Å². The summed E-state index contributed by atoms with van der Waals surface area (Å²) in [6.07, 6.45) is 3.18. The Kier molecular flexibility index (Phi) is 2.42. The number of pyridine rings is 1. The molecule has 3 heterocycles. The van der Waals surface area contributed by atoms with E-state index in [4.69, 9.17) is 9.52 Å². The average molecular weight is 256 g/mol. The highest BCUT2D eigenvalue weighted by molar-refractivity contribution is 6.40. The molecule has 3 rings (SSSR count). The van der Waals surface area contributed by atoms with Gasteiger partial charge in [0.15, 0.2) is 11.6 Å². The van der Waals surface area contributed by atoms with Gasteiger partial charge in [-0.1, -0.05) is 6.07 Å². The molecule has 1 N–H and O–H groups in total.